The molecule has 3 nitrogen and oxygen atoms in total. The number of carbonyl (C=O) groups is 1. The van der Waals surface area contributed by atoms with Crippen molar-refractivity contribution in [1.29, 1.82) is 0 Å². The molecule has 0 aliphatic heterocycles. The lowest BCUT2D eigenvalue weighted by molar-refractivity contribution is 0.118. The first kappa shape index (κ1) is 15.3. The van der Waals surface area contributed by atoms with Crippen molar-refractivity contribution in [3.63, 3.8) is 0 Å². The summed E-state index contributed by atoms with van der Waals surface area (Å²) in [7, 11) is 0. The molecular weight excluding hydrogens is 202 g/mol. The molecule has 0 heterocycles. The van der Waals surface area contributed by atoms with Crippen molar-refractivity contribution in [2.45, 2.75) is 65.2 Å². The van der Waals surface area contributed by atoms with Crippen LogP contribution in [-0.4, -0.2) is 24.1 Å². The Morgan fingerprint density at radius 2 is 1.25 bits per heavy atom. The summed E-state index contributed by atoms with van der Waals surface area (Å²) < 4.78 is 0. The van der Waals surface area contributed by atoms with Crippen LogP contribution in [-0.2, 0) is 5.11 Å². The molecule has 0 fully saturated rings. The van der Waals surface area contributed by atoms with Crippen LogP contribution in [0.2, 0.25) is 0 Å². The third-order valence-corrected chi connectivity index (χ3v) is 2.82. The average Bonchev–Trinajstić information content (AvgIpc) is 2.26. The quantitative estimate of drug-likeness (QED) is 0.521. The van der Waals surface area contributed by atoms with Crippen molar-refractivity contribution in [3.8, 4) is 0 Å². The third-order valence-electron chi connectivity index (χ3n) is 2.82. The summed E-state index contributed by atoms with van der Waals surface area (Å²) in [6, 6.07) is 0. The van der Waals surface area contributed by atoms with E-state index in [1.54, 1.807) is 0 Å². The van der Waals surface area contributed by atoms with Crippen LogP contribution in [0.5, 0.6) is 0 Å². The zero-order valence-electron chi connectivity index (χ0n) is 10.8. The Hall–Kier alpha value is -0.730. The molecule has 0 bridgehead atoms. The number of rotatable bonds is 10. The summed E-state index contributed by atoms with van der Waals surface area (Å²) in [5.41, 5.74) is 0. The van der Waals surface area contributed by atoms with Gasteiger partial charge >= 0.3 is 6.09 Å². The fourth-order valence-electron chi connectivity index (χ4n) is 1.75. The minimum absolute atomic E-state index is 0.647. The SMILES string of the molecule is CCCCCCN(CCCCCC)C([O])=O. The summed E-state index contributed by atoms with van der Waals surface area (Å²) in [6.07, 6.45) is 7.92. The number of amides is 1. The lowest BCUT2D eigenvalue weighted by atomic mass is 10.2. The van der Waals surface area contributed by atoms with Crippen LogP contribution in [0.25, 0.3) is 0 Å². The van der Waals surface area contributed by atoms with Gasteiger partial charge in [-0.15, -0.1) is 0 Å². The highest BCUT2D eigenvalue weighted by atomic mass is 16.4. The number of carbonyl (C=O) groups excluding carboxylic acids is 1. The van der Waals surface area contributed by atoms with Crippen LogP contribution in [0.1, 0.15) is 65.2 Å². The van der Waals surface area contributed by atoms with Gasteiger partial charge < -0.3 is 4.90 Å². The van der Waals surface area contributed by atoms with Crippen LogP contribution in [0.15, 0.2) is 0 Å². The molecule has 0 atom stereocenters. The normalized spacial score (nSPS) is 10.4. The smallest absolute Gasteiger partial charge is 0.305 e. The van der Waals surface area contributed by atoms with E-state index in [4.69, 9.17) is 0 Å². The van der Waals surface area contributed by atoms with E-state index >= 15 is 0 Å². The summed E-state index contributed by atoms with van der Waals surface area (Å²) in [4.78, 5) is 12.3. The summed E-state index contributed by atoms with van der Waals surface area (Å²) >= 11 is 0. The van der Waals surface area contributed by atoms with E-state index in [9.17, 15) is 9.90 Å². The van der Waals surface area contributed by atoms with Crippen molar-refractivity contribution in [3.05, 3.63) is 0 Å². The summed E-state index contributed by atoms with van der Waals surface area (Å²) in [5, 5.41) is 10.8. The Kier molecular flexibility index (Phi) is 10.3. The molecule has 0 aromatic rings. The van der Waals surface area contributed by atoms with Crippen molar-refractivity contribution >= 4 is 6.09 Å². The zero-order valence-corrected chi connectivity index (χ0v) is 10.8. The molecule has 0 aromatic carbocycles. The van der Waals surface area contributed by atoms with Gasteiger partial charge in [-0.25, -0.2) is 9.90 Å². The first-order valence-corrected chi connectivity index (χ1v) is 6.68. The lowest BCUT2D eigenvalue weighted by Gasteiger charge is -2.17. The highest BCUT2D eigenvalue weighted by molar-refractivity contribution is 5.64. The molecule has 0 spiro atoms. The first-order chi connectivity index (χ1) is 7.72. The minimum atomic E-state index is -1.01. The lowest BCUT2D eigenvalue weighted by Crippen LogP contribution is -2.30. The van der Waals surface area contributed by atoms with Gasteiger partial charge in [-0.05, 0) is 12.8 Å². The second-order valence-corrected chi connectivity index (χ2v) is 4.37. The molecule has 0 aliphatic carbocycles. The Morgan fingerprint density at radius 1 is 0.812 bits per heavy atom. The topological polar surface area (TPSA) is 40.2 Å². The maximum atomic E-state index is 10.8. The minimum Gasteiger partial charge on any atom is -0.305 e. The second kappa shape index (κ2) is 10.8. The van der Waals surface area contributed by atoms with Gasteiger partial charge in [0.1, 0.15) is 0 Å². The monoisotopic (exact) mass is 228 g/mol. The van der Waals surface area contributed by atoms with Crippen LogP contribution >= 0.6 is 0 Å². The van der Waals surface area contributed by atoms with Crippen LogP contribution in [0, 0.1) is 0 Å². The van der Waals surface area contributed by atoms with E-state index < -0.39 is 6.09 Å². The Balaban J connectivity index is 3.59. The molecule has 0 aliphatic rings. The van der Waals surface area contributed by atoms with Gasteiger partial charge in [0.2, 0.25) is 0 Å². The van der Waals surface area contributed by atoms with E-state index in [1.165, 1.54) is 30.6 Å². The van der Waals surface area contributed by atoms with Gasteiger partial charge in [0, 0.05) is 13.1 Å². The van der Waals surface area contributed by atoms with Crippen molar-refractivity contribution < 1.29 is 9.90 Å². The van der Waals surface area contributed by atoms with Gasteiger partial charge in [0.05, 0.1) is 0 Å². The van der Waals surface area contributed by atoms with E-state index in [0.717, 1.165) is 25.7 Å². The molecule has 3 heteroatoms. The van der Waals surface area contributed by atoms with Crippen molar-refractivity contribution in [2.75, 3.05) is 13.1 Å². The molecular formula is C13H26NO2. The van der Waals surface area contributed by atoms with Crippen molar-refractivity contribution in [1.82, 2.24) is 4.90 Å². The van der Waals surface area contributed by atoms with Gasteiger partial charge in [-0.1, -0.05) is 52.4 Å². The van der Waals surface area contributed by atoms with Crippen LogP contribution < -0.4 is 0 Å². The fourth-order valence-corrected chi connectivity index (χ4v) is 1.75. The molecule has 0 rings (SSSR count). The molecule has 1 radical (unpaired) electrons. The van der Waals surface area contributed by atoms with Crippen molar-refractivity contribution in [2.24, 2.45) is 0 Å². The van der Waals surface area contributed by atoms with Gasteiger partial charge in [0.15, 0.2) is 0 Å². The first-order valence-electron chi connectivity index (χ1n) is 6.68. The number of hydrogen-bond donors (Lipinski definition) is 0. The van der Waals surface area contributed by atoms with E-state index in [1.807, 2.05) is 0 Å². The summed E-state index contributed by atoms with van der Waals surface area (Å²) in [5.74, 6) is 0. The maximum Gasteiger partial charge on any atom is 0.453 e. The standard InChI is InChI=1S/C13H26NO2/c1-3-5-7-9-11-14(13(15)16)12-10-8-6-4-2/h3-12H2,1-2H3. The van der Waals surface area contributed by atoms with Gasteiger partial charge in [-0.3, -0.25) is 0 Å². The summed E-state index contributed by atoms with van der Waals surface area (Å²) in [6.45, 7) is 5.60. The Bertz CT molecular complexity index is 159. The van der Waals surface area contributed by atoms with Gasteiger partial charge in [0.25, 0.3) is 0 Å². The molecule has 95 valence electrons. The Labute approximate surface area is 99.8 Å². The molecule has 0 N–H and O–H groups in total. The van der Waals surface area contributed by atoms with Crippen LogP contribution in [0.4, 0.5) is 4.79 Å². The Morgan fingerprint density at radius 3 is 1.56 bits per heavy atom. The average molecular weight is 228 g/mol. The van der Waals surface area contributed by atoms with E-state index in [0.29, 0.717) is 13.1 Å². The van der Waals surface area contributed by atoms with E-state index in [-0.39, 0.29) is 0 Å². The predicted octanol–water partition coefficient (Wildman–Crippen LogP) is 4.00. The highest BCUT2D eigenvalue weighted by Gasteiger charge is 2.11. The number of hydrogen-bond acceptors (Lipinski definition) is 1. The predicted molar refractivity (Wildman–Crippen MR) is 65.9 cm³/mol. The maximum absolute atomic E-state index is 10.8. The molecule has 0 saturated carbocycles. The van der Waals surface area contributed by atoms with Gasteiger partial charge in [-0.2, -0.15) is 0 Å². The third kappa shape index (κ3) is 8.57. The molecule has 1 amide bonds. The number of nitrogens with zero attached hydrogens (tertiary/aromatic N) is 1. The van der Waals surface area contributed by atoms with E-state index in [2.05, 4.69) is 13.8 Å². The molecule has 0 saturated heterocycles. The highest BCUT2D eigenvalue weighted by Crippen LogP contribution is 2.05. The molecule has 16 heavy (non-hydrogen) atoms. The number of unbranched alkanes of at least 4 members (excludes halogenated alkanes) is 6. The molecule has 0 unspecified atom stereocenters. The fraction of sp³-hybridized carbons (Fsp3) is 0.923. The molecule has 0 aromatic heterocycles. The largest absolute Gasteiger partial charge is 0.453 e. The zero-order chi connectivity index (χ0) is 12.2. The van der Waals surface area contributed by atoms with Crippen LogP contribution in [0.3, 0.4) is 0 Å². The second-order valence-electron chi connectivity index (χ2n) is 4.37.